The fourth-order valence-electron chi connectivity index (χ4n) is 2.91. The van der Waals surface area contributed by atoms with Gasteiger partial charge in [0.25, 0.3) is 0 Å². The number of hydrogen-bond donors (Lipinski definition) is 2. The van der Waals surface area contributed by atoms with E-state index in [0.717, 1.165) is 45.1 Å². The maximum absolute atomic E-state index is 5.50. The molecule has 2 aliphatic heterocycles. The van der Waals surface area contributed by atoms with Crippen molar-refractivity contribution in [3.05, 3.63) is 0 Å². The molecule has 0 aromatic rings. The normalized spacial score (nSPS) is 28.0. The van der Waals surface area contributed by atoms with Gasteiger partial charge in [0, 0.05) is 42.8 Å². The third-order valence-electron chi connectivity index (χ3n) is 4.57. The van der Waals surface area contributed by atoms with Gasteiger partial charge in [0.2, 0.25) is 0 Å². The van der Waals surface area contributed by atoms with Gasteiger partial charge in [-0.15, -0.1) is 24.0 Å². The maximum atomic E-state index is 5.50. The van der Waals surface area contributed by atoms with Crippen molar-refractivity contribution in [3.8, 4) is 0 Å². The van der Waals surface area contributed by atoms with E-state index in [1.54, 1.807) is 0 Å². The molecule has 1 unspecified atom stereocenters. The zero-order chi connectivity index (χ0) is 15.2. The molecule has 0 aliphatic carbocycles. The molecule has 0 spiro atoms. The maximum Gasteiger partial charge on any atom is 0.191 e. The number of ether oxygens (including phenoxy) is 1. The van der Waals surface area contributed by atoms with Crippen molar-refractivity contribution in [1.29, 1.82) is 0 Å². The Balaban J connectivity index is 0.00000242. The van der Waals surface area contributed by atoms with Crippen LogP contribution >= 0.6 is 47.5 Å². The molecule has 130 valence electrons. The Morgan fingerprint density at radius 1 is 1.23 bits per heavy atom. The highest BCUT2D eigenvalue weighted by atomic mass is 127. The second-order valence-corrected chi connectivity index (χ2v) is 9.14. The molecule has 22 heavy (non-hydrogen) atoms. The molecule has 0 aromatic heterocycles. The molecule has 0 saturated carbocycles. The highest BCUT2D eigenvalue weighted by Crippen LogP contribution is 2.37. The van der Waals surface area contributed by atoms with Gasteiger partial charge in [0.05, 0.1) is 0 Å². The molecular formula is C15H30IN3OS2. The van der Waals surface area contributed by atoms with Crippen molar-refractivity contribution in [3.63, 3.8) is 0 Å². The van der Waals surface area contributed by atoms with Crippen LogP contribution in [0.2, 0.25) is 0 Å². The number of halogens is 1. The van der Waals surface area contributed by atoms with Crippen LogP contribution < -0.4 is 10.6 Å². The second-order valence-electron chi connectivity index (χ2n) is 6.18. The summed E-state index contributed by atoms with van der Waals surface area (Å²) in [6.45, 7) is 6.06. The first kappa shape index (κ1) is 20.7. The molecule has 2 rings (SSSR count). The summed E-state index contributed by atoms with van der Waals surface area (Å²) in [5, 5.41) is 7.04. The second kappa shape index (κ2) is 9.84. The van der Waals surface area contributed by atoms with Crippen LogP contribution in [0.4, 0.5) is 0 Å². The van der Waals surface area contributed by atoms with Gasteiger partial charge < -0.3 is 15.4 Å². The summed E-state index contributed by atoms with van der Waals surface area (Å²) in [6, 6.07) is 0. The van der Waals surface area contributed by atoms with Crippen LogP contribution in [-0.4, -0.2) is 60.8 Å². The lowest BCUT2D eigenvalue weighted by Crippen LogP contribution is -2.49. The molecular weight excluding hydrogens is 429 g/mol. The van der Waals surface area contributed by atoms with E-state index in [1.807, 2.05) is 18.8 Å². The fraction of sp³-hybridized carbons (Fsp3) is 0.933. The average Bonchev–Trinajstić information content (AvgIpc) is 2.95. The molecule has 0 aromatic carbocycles. The summed E-state index contributed by atoms with van der Waals surface area (Å²) in [5.41, 5.74) is 0. The minimum atomic E-state index is 0. The van der Waals surface area contributed by atoms with Crippen LogP contribution in [0.25, 0.3) is 0 Å². The van der Waals surface area contributed by atoms with Gasteiger partial charge in [0.15, 0.2) is 5.96 Å². The smallest absolute Gasteiger partial charge is 0.191 e. The Morgan fingerprint density at radius 3 is 2.45 bits per heavy atom. The van der Waals surface area contributed by atoms with Crippen molar-refractivity contribution in [2.24, 2.45) is 4.99 Å². The highest BCUT2D eigenvalue weighted by molar-refractivity contribution is 14.0. The molecule has 0 amide bonds. The number of nitrogens with one attached hydrogen (secondary N) is 2. The van der Waals surface area contributed by atoms with E-state index in [4.69, 9.17) is 4.74 Å². The van der Waals surface area contributed by atoms with Gasteiger partial charge in [-0.05, 0) is 44.6 Å². The zero-order valence-electron chi connectivity index (χ0n) is 13.9. The van der Waals surface area contributed by atoms with Gasteiger partial charge in [-0.3, -0.25) is 4.99 Å². The molecule has 7 heteroatoms. The lowest BCUT2D eigenvalue weighted by molar-refractivity contribution is 0.0783. The summed E-state index contributed by atoms with van der Waals surface area (Å²) in [5.74, 6) is 2.23. The van der Waals surface area contributed by atoms with Crippen LogP contribution in [0, 0.1) is 0 Å². The summed E-state index contributed by atoms with van der Waals surface area (Å²) in [6.07, 6.45) is 7.08. The van der Waals surface area contributed by atoms with E-state index < -0.39 is 0 Å². The SMILES string of the molecule is CN=C(NCC1(C)CCCS1)NCC1(SC)CCOCC1.I. The molecule has 4 nitrogen and oxygen atoms in total. The Morgan fingerprint density at radius 2 is 1.91 bits per heavy atom. The molecule has 0 bridgehead atoms. The lowest BCUT2D eigenvalue weighted by Gasteiger charge is -2.36. The van der Waals surface area contributed by atoms with Crippen molar-refractivity contribution in [2.45, 2.75) is 42.1 Å². The van der Waals surface area contributed by atoms with E-state index in [9.17, 15) is 0 Å². The quantitative estimate of drug-likeness (QED) is 0.376. The van der Waals surface area contributed by atoms with Crippen molar-refractivity contribution in [1.82, 2.24) is 10.6 Å². The number of thioether (sulfide) groups is 2. The first-order valence-electron chi connectivity index (χ1n) is 7.83. The number of aliphatic imine (C=N–C) groups is 1. The zero-order valence-corrected chi connectivity index (χ0v) is 17.9. The van der Waals surface area contributed by atoms with Crippen molar-refractivity contribution < 1.29 is 4.74 Å². The van der Waals surface area contributed by atoms with Crippen molar-refractivity contribution >= 4 is 53.5 Å². The third kappa shape index (κ3) is 5.94. The topological polar surface area (TPSA) is 45.7 Å². The highest BCUT2D eigenvalue weighted by Gasteiger charge is 2.32. The van der Waals surface area contributed by atoms with Gasteiger partial charge in [-0.25, -0.2) is 0 Å². The van der Waals surface area contributed by atoms with Crippen molar-refractivity contribution in [2.75, 3.05) is 45.4 Å². The van der Waals surface area contributed by atoms with E-state index >= 15 is 0 Å². The summed E-state index contributed by atoms with van der Waals surface area (Å²) in [7, 11) is 1.86. The summed E-state index contributed by atoms with van der Waals surface area (Å²) in [4.78, 5) is 4.37. The standard InChI is InChI=1S/C15H29N3OS2.HI/c1-14(5-4-10-21-14)11-17-13(16-2)18-12-15(20-3)6-8-19-9-7-15;/h4-12H2,1-3H3,(H2,16,17,18);1H. The number of hydrogen-bond acceptors (Lipinski definition) is 4. The Kier molecular flexibility index (Phi) is 9.26. The van der Waals surface area contributed by atoms with Gasteiger partial charge in [-0.1, -0.05) is 0 Å². The largest absolute Gasteiger partial charge is 0.381 e. The van der Waals surface area contributed by atoms with Crippen LogP contribution in [0.15, 0.2) is 4.99 Å². The summed E-state index contributed by atoms with van der Waals surface area (Å²) >= 11 is 4.04. The van der Waals surface area contributed by atoms with Crippen LogP contribution in [0.3, 0.4) is 0 Å². The summed E-state index contributed by atoms with van der Waals surface area (Å²) < 4.78 is 6.16. The molecule has 0 radical (unpaired) electrons. The van der Waals surface area contributed by atoms with Crippen LogP contribution in [0.1, 0.15) is 32.6 Å². The fourth-order valence-corrected chi connectivity index (χ4v) is 4.94. The average molecular weight is 459 g/mol. The van der Waals surface area contributed by atoms with E-state index in [0.29, 0.717) is 9.49 Å². The van der Waals surface area contributed by atoms with E-state index in [-0.39, 0.29) is 24.0 Å². The number of nitrogens with zero attached hydrogens (tertiary/aromatic N) is 1. The number of guanidine groups is 1. The minimum Gasteiger partial charge on any atom is -0.381 e. The first-order chi connectivity index (χ1) is 10.1. The van der Waals surface area contributed by atoms with E-state index in [2.05, 4.69) is 40.6 Å². The Bertz CT molecular complexity index is 357. The van der Waals surface area contributed by atoms with E-state index in [1.165, 1.54) is 18.6 Å². The first-order valence-corrected chi connectivity index (χ1v) is 10.0. The molecule has 2 heterocycles. The van der Waals surface area contributed by atoms with Crippen LogP contribution in [-0.2, 0) is 4.74 Å². The number of rotatable bonds is 5. The van der Waals surface area contributed by atoms with Gasteiger partial charge in [0.1, 0.15) is 0 Å². The minimum absolute atomic E-state index is 0. The molecule has 2 aliphatic rings. The molecule has 2 fully saturated rings. The molecule has 2 N–H and O–H groups in total. The molecule has 1 atom stereocenters. The predicted octanol–water partition coefficient (Wildman–Crippen LogP) is 2.97. The third-order valence-corrected chi connectivity index (χ3v) is 7.53. The predicted molar refractivity (Wildman–Crippen MR) is 111 cm³/mol. The monoisotopic (exact) mass is 459 g/mol. The van der Waals surface area contributed by atoms with Crippen LogP contribution in [0.5, 0.6) is 0 Å². The lowest BCUT2D eigenvalue weighted by atomic mass is 9.99. The van der Waals surface area contributed by atoms with Gasteiger partial charge in [-0.2, -0.15) is 23.5 Å². The molecule has 2 saturated heterocycles. The van der Waals surface area contributed by atoms with Gasteiger partial charge >= 0.3 is 0 Å². The Hall–Kier alpha value is 0.660. The Labute approximate surface area is 160 Å².